The SMILES string of the molecule is Cc1cc(C)c(CNC(=O)Cn2cc(C(F)(F)F)ccc2=O)c(=O)[nH]1. The van der Waals surface area contributed by atoms with Gasteiger partial charge in [-0.1, -0.05) is 0 Å². The lowest BCUT2D eigenvalue weighted by molar-refractivity contribution is -0.138. The van der Waals surface area contributed by atoms with Crippen LogP contribution in [0.25, 0.3) is 0 Å². The number of halogens is 3. The van der Waals surface area contributed by atoms with Gasteiger partial charge in [-0.3, -0.25) is 14.4 Å². The van der Waals surface area contributed by atoms with Gasteiger partial charge in [0.1, 0.15) is 6.54 Å². The van der Waals surface area contributed by atoms with E-state index in [1.54, 1.807) is 19.9 Å². The minimum Gasteiger partial charge on any atom is -0.350 e. The molecule has 0 bridgehead atoms. The third-order valence-electron chi connectivity index (χ3n) is 3.58. The maximum Gasteiger partial charge on any atom is 0.417 e. The molecule has 0 unspecified atom stereocenters. The Morgan fingerprint density at radius 3 is 2.52 bits per heavy atom. The molecule has 25 heavy (non-hydrogen) atoms. The van der Waals surface area contributed by atoms with Crippen LogP contribution in [-0.2, 0) is 24.1 Å². The van der Waals surface area contributed by atoms with Gasteiger partial charge in [0.15, 0.2) is 0 Å². The summed E-state index contributed by atoms with van der Waals surface area (Å²) in [6.45, 7) is 2.76. The van der Waals surface area contributed by atoms with Crippen molar-refractivity contribution in [1.29, 1.82) is 0 Å². The first-order valence-corrected chi connectivity index (χ1v) is 7.31. The molecular weight excluding hydrogens is 339 g/mol. The molecule has 2 heterocycles. The predicted octanol–water partition coefficient (Wildman–Crippen LogP) is 1.49. The lowest BCUT2D eigenvalue weighted by Gasteiger charge is -2.11. The van der Waals surface area contributed by atoms with E-state index < -0.39 is 29.8 Å². The topological polar surface area (TPSA) is 84.0 Å². The monoisotopic (exact) mass is 355 g/mol. The highest BCUT2D eigenvalue weighted by molar-refractivity contribution is 5.75. The first kappa shape index (κ1) is 18.5. The average Bonchev–Trinajstić information content (AvgIpc) is 2.47. The molecule has 134 valence electrons. The van der Waals surface area contributed by atoms with Gasteiger partial charge in [0.25, 0.3) is 11.1 Å². The third-order valence-corrected chi connectivity index (χ3v) is 3.58. The van der Waals surface area contributed by atoms with Crippen LogP contribution in [0.2, 0.25) is 0 Å². The number of pyridine rings is 2. The highest BCUT2D eigenvalue weighted by Crippen LogP contribution is 2.27. The smallest absolute Gasteiger partial charge is 0.350 e. The standard InChI is InChI=1S/C16H16F3N3O3/c1-9-5-10(2)21-15(25)12(9)6-20-13(23)8-22-7-11(16(17,18)19)3-4-14(22)24/h3-5,7H,6,8H2,1-2H3,(H,20,23)(H,21,25). The Kier molecular flexibility index (Phi) is 5.15. The van der Waals surface area contributed by atoms with E-state index >= 15 is 0 Å². The maximum atomic E-state index is 12.7. The largest absolute Gasteiger partial charge is 0.417 e. The third kappa shape index (κ3) is 4.59. The number of carbonyl (C=O) groups excluding carboxylic acids is 1. The zero-order chi connectivity index (χ0) is 18.8. The fraction of sp³-hybridized carbons (Fsp3) is 0.312. The van der Waals surface area contributed by atoms with E-state index in [4.69, 9.17) is 0 Å². The molecule has 0 atom stereocenters. The van der Waals surface area contributed by atoms with E-state index in [1.165, 1.54) is 0 Å². The van der Waals surface area contributed by atoms with Gasteiger partial charge in [0.05, 0.1) is 5.56 Å². The van der Waals surface area contributed by atoms with Crippen molar-refractivity contribution in [3.05, 3.63) is 67.5 Å². The number of rotatable bonds is 4. The summed E-state index contributed by atoms with van der Waals surface area (Å²) in [5, 5.41) is 2.43. The molecule has 0 saturated heterocycles. The second kappa shape index (κ2) is 6.96. The molecule has 0 radical (unpaired) electrons. The molecule has 6 nitrogen and oxygen atoms in total. The molecule has 0 fully saturated rings. The predicted molar refractivity (Wildman–Crippen MR) is 84.1 cm³/mol. The number of H-pyrrole nitrogens is 1. The summed E-state index contributed by atoms with van der Waals surface area (Å²) in [6, 6.07) is 3.15. The van der Waals surface area contributed by atoms with Crippen LogP contribution in [0.4, 0.5) is 13.2 Å². The Morgan fingerprint density at radius 1 is 1.24 bits per heavy atom. The van der Waals surface area contributed by atoms with Gasteiger partial charge in [0.2, 0.25) is 5.91 Å². The minimum absolute atomic E-state index is 0.0893. The summed E-state index contributed by atoms with van der Waals surface area (Å²) in [4.78, 5) is 38.0. The van der Waals surface area contributed by atoms with Crippen molar-refractivity contribution in [2.75, 3.05) is 0 Å². The Labute approximate surface area is 140 Å². The average molecular weight is 355 g/mol. The van der Waals surface area contributed by atoms with Crippen molar-refractivity contribution in [1.82, 2.24) is 14.9 Å². The number of hydrogen-bond acceptors (Lipinski definition) is 3. The number of hydrogen-bond donors (Lipinski definition) is 2. The quantitative estimate of drug-likeness (QED) is 0.872. The van der Waals surface area contributed by atoms with Crippen LogP contribution in [0.1, 0.15) is 22.4 Å². The second-order valence-corrected chi connectivity index (χ2v) is 5.60. The highest BCUT2D eigenvalue weighted by atomic mass is 19.4. The number of nitrogens with one attached hydrogen (secondary N) is 2. The van der Waals surface area contributed by atoms with E-state index in [0.717, 1.165) is 6.07 Å². The summed E-state index contributed by atoms with van der Waals surface area (Å²) in [5.74, 6) is -0.680. The summed E-state index contributed by atoms with van der Waals surface area (Å²) in [7, 11) is 0. The lowest BCUT2D eigenvalue weighted by atomic mass is 10.1. The van der Waals surface area contributed by atoms with Crippen molar-refractivity contribution in [2.45, 2.75) is 33.1 Å². The molecule has 0 aliphatic rings. The van der Waals surface area contributed by atoms with Crippen LogP contribution in [0.15, 0.2) is 34.0 Å². The van der Waals surface area contributed by atoms with Crippen LogP contribution >= 0.6 is 0 Å². The summed E-state index contributed by atoms with van der Waals surface area (Å²) in [5.41, 5.74) is -0.409. The molecule has 2 aromatic heterocycles. The van der Waals surface area contributed by atoms with Gasteiger partial charge < -0.3 is 14.9 Å². The number of aromatic nitrogens is 2. The molecule has 0 aromatic carbocycles. The number of nitrogens with zero attached hydrogens (tertiary/aromatic N) is 1. The number of carbonyl (C=O) groups is 1. The molecule has 1 amide bonds. The van der Waals surface area contributed by atoms with Crippen molar-refractivity contribution < 1.29 is 18.0 Å². The first-order chi connectivity index (χ1) is 11.6. The van der Waals surface area contributed by atoms with Crippen LogP contribution in [0, 0.1) is 13.8 Å². The Morgan fingerprint density at radius 2 is 1.92 bits per heavy atom. The highest BCUT2D eigenvalue weighted by Gasteiger charge is 2.31. The molecule has 9 heteroatoms. The first-order valence-electron chi connectivity index (χ1n) is 7.31. The van der Waals surface area contributed by atoms with Crippen LogP contribution in [0.3, 0.4) is 0 Å². The van der Waals surface area contributed by atoms with Gasteiger partial charge in [-0.25, -0.2) is 0 Å². The fourth-order valence-electron chi connectivity index (χ4n) is 2.32. The van der Waals surface area contributed by atoms with Crippen molar-refractivity contribution in [3.63, 3.8) is 0 Å². The number of aryl methyl sites for hydroxylation is 2. The Hall–Kier alpha value is -2.84. The molecule has 2 aromatic rings. The summed E-state index contributed by atoms with van der Waals surface area (Å²) in [6.07, 6.45) is -4.02. The van der Waals surface area contributed by atoms with Gasteiger partial charge in [0, 0.05) is 30.1 Å². The van der Waals surface area contributed by atoms with Crippen LogP contribution in [0.5, 0.6) is 0 Å². The van der Waals surface area contributed by atoms with Crippen molar-refractivity contribution >= 4 is 5.91 Å². The molecule has 0 saturated carbocycles. The molecule has 0 aliphatic heterocycles. The summed E-state index contributed by atoms with van der Waals surface area (Å²) >= 11 is 0. The molecule has 0 aliphatic carbocycles. The zero-order valence-electron chi connectivity index (χ0n) is 13.5. The van der Waals surface area contributed by atoms with E-state index in [2.05, 4.69) is 10.3 Å². The number of amides is 1. The molecular formula is C16H16F3N3O3. The number of alkyl halides is 3. The van der Waals surface area contributed by atoms with Gasteiger partial charge >= 0.3 is 6.18 Å². The van der Waals surface area contributed by atoms with Gasteiger partial charge in [-0.2, -0.15) is 13.2 Å². The minimum atomic E-state index is -4.61. The van der Waals surface area contributed by atoms with Crippen molar-refractivity contribution in [3.8, 4) is 0 Å². The van der Waals surface area contributed by atoms with Crippen molar-refractivity contribution in [2.24, 2.45) is 0 Å². The molecule has 2 N–H and O–H groups in total. The molecule has 2 rings (SSSR count). The molecule has 0 spiro atoms. The fourth-order valence-corrected chi connectivity index (χ4v) is 2.32. The summed E-state index contributed by atoms with van der Waals surface area (Å²) < 4.78 is 38.7. The van der Waals surface area contributed by atoms with E-state index in [1.807, 2.05) is 0 Å². The number of aromatic amines is 1. The van der Waals surface area contributed by atoms with Crippen LogP contribution < -0.4 is 16.4 Å². The van der Waals surface area contributed by atoms with Gasteiger partial charge in [-0.15, -0.1) is 0 Å². The Bertz CT molecular complexity index is 913. The van der Waals surface area contributed by atoms with E-state index in [-0.39, 0.29) is 12.1 Å². The van der Waals surface area contributed by atoms with E-state index in [9.17, 15) is 27.6 Å². The zero-order valence-corrected chi connectivity index (χ0v) is 13.5. The maximum absolute atomic E-state index is 12.7. The normalized spacial score (nSPS) is 11.4. The lowest BCUT2D eigenvalue weighted by Crippen LogP contribution is -2.33. The Balaban J connectivity index is 2.11. The van der Waals surface area contributed by atoms with E-state index in [0.29, 0.717) is 33.7 Å². The second-order valence-electron chi connectivity index (χ2n) is 5.60. The van der Waals surface area contributed by atoms with Crippen LogP contribution in [-0.4, -0.2) is 15.5 Å². The van der Waals surface area contributed by atoms with Gasteiger partial charge in [-0.05, 0) is 31.5 Å².